The highest BCUT2D eigenvalue weighted by atomic mass is 16.2. The fraction of sp³-hybridized carbons (Fsp3) is 0.444. The molecule has 2 N–H and O–H groups in total. The van der Waals surface area contributed by atoms with Crippen LogP contribution in [-0.4, -0.2) is 28.5 Å². The number of urea groups is 1. The number of allylic oxidation sites excluding steroid dienone is 1. The molecule has 0 saturated heterocycles. The van der Waals surface area contributed by atoms with Crippen LogP contribution in [0.2, 0.25) is 0 Å². The number of carbonyl (C=O) groups excluding carboxylic acids is 1. The van der Waals surface area contributed by atoms with Crippen LogP contribution < -0.4 is 10.6 Å². The van der Waals surface area contributed by atoms with Gasteiger partial charge in [0, 0.05) is 31.9 Å². The van der Waals surface area contributed by atoms with E-state index in [1.165, 1.54) is 31.3 Å². The van der Waals surface area contributed by atoms with Gasteiger partial charge in [0.25, 0.3) is 0 Å². The minimum Gasteiger partial charge on any atom is -0.338 e. The van der Waals surface area contributed by atoms with Gasteiger partial charge >= 0.3 is 6.03 Å². The number of rotatable bonds is 6. The summed E-state index contributed by atoms with van der Waals surface area (Å²) in [6, 6.07) is 5.83. The SMILES string of the molecule is O=C(NCCC1=CCCCC1)NCCc1cn2ccccc2n1. The van der Waals surface area contributed by atoms with Gasteiger partial charge < -0.3 is 15.0 Å². The Hall–Kier alpha value is -2.30. The lowest BCUT2D eigenvalue weighted by molar-refractivity contribution is 0.241. The molecule has 0 aliphatic heterocycles. The maximum absolute atomic E-state index is 11.8. The molecule has 2 aromatic heterocycles. The first kappa shape index (κ1) is 15.6. The monoisotopic (exact) mass is 312 g/mol. The normalized spacial score (nSPS) is 14.5. The standard InChI is InChI=1S/C18H24N4O/c23-18(19-11-9-15-6-2-1-3-7-15)20-12-10-16-14-22-13-5-4-8-17(22)21-16/h4-6,8,13-14H,1-3,7,9-12H2,(H2,19,20,23). The minimum absolute atomic E-state index is 0.0924. The summed E-state index contributed by atoms with van der Waals surface area (Å²) in [6.45, 7) is 1.31. The van der Waals surface area contributed by atoms with Crippen LogP contribution in [0.4, 0.5) is 4.79 Å². The van der Waals surface area contributed by atoms with E-state index in [-0.39, 0.29) is 6.03 Å². The molecule has 0 bridgehead atoms. The highest BCUT2D eigenvalue weighted by Crippen LogP contribution is 2.19. The lowest BCUT2D eigenvalue weighted by atomic mass is 9.97. The Morgan fingerprint density at radius 3 is 2.83 bits per heavy atom. The van der Waals surface area contributed by atoms with E-state index in [9.17, 15) is 4.79 Å². The third kappa shape index (κ3) is 4.58. The first-order chi connectivity index (χ1) is 11.3. The van der Waals surface area contributed by atoms with Gasteiger partial charge in [-0.25, -0.2) is 9.78 Å². The Kier molecular flexibility index (Phi) is 5.29. The maximum atomic E-state index is 11.8. The molecular formula is C18H24N4O. The van der Waals surface area contributed by atoms with Gasteiger partial charge in [-0.15, -0.1) is 0 Å². The van der Waals surface area contributed by atoms with Crippen molar-refractivity contribution < 1.29 is 4.79 Å². The highest BCUT2D eigenvalue weighted by Gasteiger charge is 2.05. The molecule has 122 valence electrons. The van der Waals surface area contributed by atoms with Gasteiger partial charge in [-0.2, -0.15) is 0 Å². The number of amides is 2. The van der Waals surface area contributed by atoms with E-state index in [0.717, 1.165) is 24.2 Å². The Bertz CT molecular complexity index is 656. The molecular weight excluding hydrogens is 288 g/mol. The molecule has 0 aromatic carbocycles. The molecule has 0 fully saturated rings. The Morgan fingerprint density at radius 1 is 1.17 bits per heavy atom. The molecule has 1 aliphatic rings. The van der Waals surface area contributed by atoms with Crippen molar-refractivity contribution in [2.45, 2.75) is 38.5 Å². The molecule has 1 aliphatic carbocycles. The maximum Gasteiger partial charge on any atom is 0.314 e. The van der Waals surface area contributed by atoms with Crippen molar-refractivity contribution in [1.29, 1.82) is 0 Å². The van der Waals surface area contributed by atoms with E-state index in [1.807, 2.05) is 35.0 Å². The van der Waals surface area contributed by atoms with Crippen LogP contribution in [0.3, 0.4) is 0 Å². The van der Waals surface area contributed by atoms with Gasteiger partial charge in [-0.05, 0) is 44.2 Å². The average Bonchev–Trinajstić information content (AvgIpc) is 2.98. The largest absolute Gasteiger partial charge is 0.338 e. The number of aromatic nitrogens is 2. The fourth-order valence-corrected chi connectivity index (χ4v) is 2.94. The van der Waals surface area contributed by atoms with Crippen molar-refractivity contribution in [3.8, 4) is 0 Å². The van der Waals surface area contributed by atoms with Crippen LogP contribution >= 0.6 is 0 Å². The van der Waals surface area contributed by atoms with Crippen molar-refractivity contribution in [1.82, 2.24) is 20.0 Å². The van der Waals surface area contributed by atoms with Gasteiger partial charge in [0.05, 0.1) is 5.69 Å². The minimum atomic E-state index is -0.0924. The third-order valence-electron chi connectivity index (χ3n) is 4.20. The van der Waals surface area contributed by atoms with E-state index < -0.39 is 0 Å². The lowest BCUT2D eigenvalue weighted by Gasteiger charge is -2.13. The van der Waals surface area contributed by atoms with E-state index >= 15 is 0 Å². The number of hydrogen-bond acceptors (Lipinski definition) is 2. The molecule has 0 atom stereocenters. The molecule has 5 nitrogen and oxygen atoms in total. The molecule has 0 spiro atoms. The quantitative estimate of drug-likeness (QED) is 0.805. The van der Waals surface area contributed by atoms with Gasteiger partial charge in [0.1, 0.15) is 5.65 Å². The summed E-state index contributed by atoms with van der Waals surface area (Å²) in [6.07, 6.45) is 13.0. The molecule has 0 saturated carbocycles. The van der Waals surface area contributed by atoms with Gasteiger partial charge in [-0.1, -0.05) is 17.7 Å². The Balaban J connectivity index is 1.35. The van der Waals surface area contributed by atoms with Crippen LogP contribution in [-0.2, 0) is 6.42 Å². The zero-order chi connectivity index (χ0) is 15.9. The van der Waals surface area contributed by atoms with E-state index in [2.05, 4.69) is 21.7 Å². The third-order valence-corrected chi connectivity index (χ3v) is 4.20. The van der Waals surface area contributed by atoms with E-state index in [1.54, 1.807) is 0 Å². The van der Waals surface area contributed by atoms with E-state index in [0.29, 0.717) is 13.1 Å². The zero-order valence-corrected chi connectivity index (χ0v) is 13.4. The summed E-state index contributed by atoms with van der Waals surface area (Å²) in [4.78, 5) is 16.3. The second-order valence-corrected chi connectivity index (χ2v) is 5.99. The summed E-state index contributed by atoms with van der Waals surface area (Å²) in [5.74, 6) is 0. The Morgan fingerprint density at radius 2 is 2.04 bits per heavy atom. The average molecular weight is 312 g/mol. The van der Waals surface area contributed by atoms with Crippen molar-refractivity contribution in [3.05, 3.63) is 47.9 Å². The predicted molar refractivity (Wildman–Crippen MR) is 91.5 cm³/mol. The summed E-state index contributed by atoms with van der Waals surface area (Å²) in [5, 5.41) is 5.82. The topological polar surface area (TPSA) is 58.4 Å². The number of nitrogens with zero attached hydrogens (tertiary/aromatic N) is 2. The summed E-state index contributed by atoms with van der Waals surface area (Å²) in [7, 11) is 0. The molecule has 5 heteroatoms. The van der Waals surface area contributed by atoms with Crippen LogP contribution in [0.15, 0.2) is 42.2 Å². The molecule has 2 amide bonds. The van der Waals surface area contributed by atoms with Gasteiger partial charge in [-0.3, -0.25) is 0 Å². The number of pyridine rings is 1. The smallest absolute Gasteiger partial charge is 0.314 e. The second kappa shape index (κ2) is 7.81. The summed E-state index contributed by atoms with van der Waals surface area (Å²) < 4.78 is 1.99. The fourth-order valence-electron chi connectivity index (χ4n) is 2.94. The second-order valence-electron chi connectivity index (χ2n) is 5.99. The van der Waals surface area contributed by atoms with Crippen molar-refractivity contribution >= 4 is 11.7 Å². The van der Waals surface area contributed by atoms with Gasteiger partial charge in [0.2, 0.25) is 0 Å². The Labute approximate surface area is 136 Å². The van der Waals surface area contributed by atoms with Crippen LogP contribution in [0.1, 0.15) is 37.8 Å². The summed E-state index contributed by atoms with van der Waals surface area (Å²) >= 11 is 0. The van der Waals surface area contributed by atoms with E-state index in [4.69, 9.17) is 0 Å². The van der Waals surface area contributed by atoms with Crippen LogP contribution in [0, 0.1) is 0 Å². The number of nitrogens with one attached hydrogen (secondary N) is 2. The molecule has 2 heterocycles. The van der Waals surface area contributed by atoms with Crippen LogP contribution in [0.25, 0.3) is 5.65 Å². The van der Waals surface area contributed by atoms with Crippen molar-refractivity contribution in [2.24, 2.45) is 0 Å². The molecule has 2 aromatic rings. The number of imidazole rings is 1. The number of fused-ring (bicyclic) bond motifs is 1. The molecule has 23 heavy (non-hydrogen) atoms. The first-order valence-electron chi connectivity index (χ1n) is 8.43. The lowest BCUT2D eigenvalue weighted by Crippen LogP contribution is -2.37. The molecule has 0 radical (unpaired) electrons. The first-order valence-corrected chi connectivity index (χ1v) is 8.43. The number of hydrogen-bond donors (Lipinski definition) is 2. The zero-order valence-electron chi connectivity index (χ0n) is 13.4. The summed E-state index contributed by atoms with van der Waals surface area (Å²) in [5.41, 5.74) is 3.41. The molecule has 0 unspecified atom stereocenters. The van der Waals surface area contributed by atoms with Crippen LogP contribution in [0.5, 0.6) is 0 Å². The molecule has 3 rings (SSSR count). The van der Waals surface area contributed by atoms with Crippen molar-refractivity contribution in [2.75, 3.05) is 13.1 Å². The highest BCUT2D eigenvalue weighted by molar-refractivity contribution is 5.73. The number of carbonyl (C=O) groups is 1. The predicted octanol–water partition coefficient (Wildman–Crippen LogP) is 3.07. The van der Waals surface area contributed by atoms with Gasteiger partial charge in [0.15, 0.2) is 0 Å². The van der Waals surface area contributed by atoms with Crippen molar-refractivity contribution in [3.63, 3.8) is 0 Å².